The van der Waals surface area contributed by atoms with Gasteiger partial charge in [0, 0.05) is 35.9 Å². The number of nitrogens with zero attached hydrogens (tertiary/aromatic N) is 5. The van der Waals surface area contributed by atoms with Gasteiger partial charge in [0.25, 0.3) is 11.8 Å². The third-order valence-corrected chi connectivity index (χ3v) is 7.85. The van der Waals surface area contributed by atoms with Gasteiger partial charge < -0.3 is 40.7 Å². The Morgan fingerprint density at radius 1 is 1.39 bits per heavy atom. The summed E-state index contributed by atoms with van der Waals surface area (Å²) < 4.78 is 4.53. The minimum atomic E-state index is -1.44. The number of likely N-dealkylation sites (N-methyl/N-ethyl adjacent to an activating group) is 1. The number of carboxylic acids is 2. The molecule has 4 rings (SSSR count). The molecule has 5 N–H and O–H groups in total. The minimum Gasteiger partial charge on any atom is -0.543 e. The Hall–Kier alpha value is -3.28. The summed E-state index contributed by atoms with van der Waals surface area (Å²) in [6.45, 7) is 2.94. The van der Waals surface area contributed by atoms with Crippen LogP contribution in [-0.4, -0.2) is 117 Å². The lowest BCUT2D eigenvalue weighted by atomic mass is 10.0. The number of hydrogen-bond acceptors (Lipinski definition) is 13. The van der Waals surface area contributed by atoms with E-state index in [1.54, 1.807) is 0 Å². The molecular weight excluding hydrogens is 516 g/mol. The molecule has 2 fully saturated rings. The van der Waals surface area contributed by atoms with Gasteiger partial charge in [0.2, 0.25) is 18.1 Å². The predicted octanol–water partition coefficient (Wildman–Crippen LogP) is -3.62. The first-order chi connectivity index (χ1) is 17.1. The van der Waals surface area contributed by atoms with Crippen molar-refractivity contribution in [3.63, 3.8) is 0 Å². The number of oxime groups is 1. The van der Waals surface area contributed by atoms with Crippen molar-refractivity contribution >= 4 is 57.9 Å². The van der Waals surface area contributed by atoms with Crippen LogP contribution in [0.5, 0.6) is 0 Å². The summed E-state index contributed by atoms with van der Waals surface area (Å²) >= 11 is 2.12. The average Bonchev–Trinajstić information content (AvgIpc) is 3.25. The van der Waals surface area contributed by atoms with E-state index >= 15 is 0 Å². The number of rotatable bonds is 9. The largest absolute Gasteiger partial charge is 0.543 e. The molecule has 15 nitrogen and oxygen atoms in total. The molecule has 0 aromatic carbocycles. The van der Waals surface area contributed by atoms with Crippen molar-refractivity contribution in [1.29, 1.82) is 0 Å². The molecule has 36 heavy (non-hydrogen) atoms. The first-order valence-corrected chi connectivity index (χ1v) is 12.7. The Morgan fingerprint density at radius 3 is 2.72 bits per heavy atom. The highest BCUT2D eigenvalue weighted by atomic mass is 32.2. The maximum Gasteiger partial charge on any atom is 0.344 e. The van der Waals surface area contributed by atoms with E-state index in [2.05, 4.69) is 30.0 Å². The summed E-state index contributed by atoms with van der Waals surface area (Å²) in [6.07, 6.45) is 0. The number of anilines is 1. The number of carbonyl (C=O) groups is 4. The quantitative estimate of drug-likeness (QED) is 0.103. The van der Waals surface area contributed by atoms with Crippen molar-refractivity contribution in [2.24, 2.45) is 5.16 Å². The summed E-state index contributed by atoms with van der Waals surface area (Å²) in [5, 5.41) is 29.5. The van der Waals surface area contributed by atoms with Crippen LogP contribution in [0.1, 0.15) is 5.82 Å². The Balaban J connectivity index is 1.51. The van der Waals surface area contributed by atoms with Gasteiger partial charge in [-0.2, -0.15) is 9.36 Å². The molecule has 3 aliphatic rings. The van der Waals surface area contributed by atoms with E-state index in [-0.39, 0.29) is 16.7 Å². The zero-order valence-electron chi connectivity index (χ0n) is 19.1. The summed E-state index contributed by atoms with van der Waals surface area (Å²) in [5.74, 6) is -4.12. The summed E-state index contributed by atoms with van der Waals surface area (Å²) in [5.41, 5.74) is 5.56. The number of aliphatic carboxylic acids is 2. The van der Waals surface area contributed by atoms with Gasteiger partial charge in [-0.1, -0.05) is 5.16 Å². The molecule has 17 heteroatoms. The summed E-state index contributed by atoms with van der Waals surface area (Å²) in [6, 6.07) is -1.05. The zero-order chi connectivity index (χ0) is 26.0. The summed E-state index contributed by atoms with van der Waals surface area (Å²) in [4.78, 5) is 58.4. The predicted molar refractivity (Wildman–Crippen MR) is 125 cm³/mol. The van der Waals surface area contributed by atoms with Crippen molar-refractivity contribution < 1.29 is 38.7 Å². The molecule has 0 aliphatic carbocycles. The average molecular weight is 541 g/mol. The third kappa shape index (κ3) is 5.28. The van der Waals surface area contributed by atoms with Crippen LogP contribution in [0.25, 0.3) is 0 Å². The van der Waals surface area contributed by atoms with Gasteiger partial charge in [0.05, 0.1) is 31.8 Å². The maximum atomic E-state index is 13.0. The van der Waals surface area contributed by atoms with Crippen molar-refractivity contribution in [3.05, 3.63) is 17.1 Å². The van der Waals surface area contributed by atoms with Gasteiger partial charge in [0.15, 0.2) is 5.13 Å². The van der Waals surface area contributed by atoms with E-state index in [0.29, 0.717) is 22.4 Å². The lowest BCUT2D eigenvalue weighted by Crippen LogP contribution is -2.72. The fraction of sp³-hybridized carbons (Fsp3) is 0.526. The standard InChI is InChI=1S/C19H24N8O7S2/c1-27(4-2-21-3-5-27)6-9-8-35-17-12(16(31)26(17)13(9)18(32)33)22-15(30)11(24-34-7-10(28)29)14-23-19(20)36-25-14/h12,17,21H,2-8H2,1H3,(H4-,20,22,23,25,28,29,30,32,33)/t12-,17+/m1/s1. The topological polar surface area (TPSA) is 212 Å². The van der Waals surface area contributed by atoms with E-state index in [4.69, 9.17) is 10.8 Å². The van der Waals surface area contributed by atoms with E-state index in [9.17, 15) is 24.3 Å². The first-order valence-electron chi connectivity index (χ1n) is 10.8. The Kier molecular flexibility index (Phi) is 7.43. The monoisotopic (exact) mass is 540 g/mol. The number of carbonyl (C=O) groups excluding carboxylic acids is 3. The van der Waals surface area contributed by atoms with Crippen molar-refractivity contribution in [2.75, 3.05) is 57.9 Å². The number of nitrogens with one attached hydrogen (secondary N) is 2. The van der Waals surface area contributed by atoms with E-state index in [1.807, 2.05) is 7.05 Å². The number of carboxylic acid groups (broad SMARTS) is 2. The lowest BCUT2D eigenvalue weighted by molar-refractivity contribution is -0.906. The highest BCUT2D eigenvalue weighted by Gasteiger charge is 2.53. The number of fused-ring (bicyclic) bond motifs is 1. The molecular formula is C19H24N8O7S2. The summed E-state index contributed by atoms with van der Waals surface area (Å²) in [7, 11) is 2.05. The Bertz CT molecular complexity index is 1150. The number of aromatic nitrogens is 2. The number of β-lactam (4-membered cyclic amide) rings is 1. The number of hydrogen-bond donors (Lipinski definition) is 4. The molecule has 1 aromatic heterocycles. The number of nitrogens with two attached hydrogens (primary N) is 1. The van der Waals surface area contributed by atoms with E-state index in [0.717, 1.165) is 42.6 Å². The number of amides is 2. The van der Waals surface area contributed by atoms with Gasteiger partial charge in [-0.25, -0.2) is 4.79 Å². The van der Waals surface area contributed by atoms with Crippen molar-refractivity contribution in [1.82, 2.24) is 24.9 Å². The fourth-order valence-electron chi connectivity index (χ4n) is 4.22. The fourth-order valence-corrected chi connectivity index (χ4v) is 5.99. The van der Waals surface area contributed by atoms with Crippen LogP contribution in [-0.2, 0) is 24.0 Å². The Morgan fingerprint density at radius 2 is 2.11 bits per heavy atom. The highest BCUT2D eigenvalue weighted by molar-refractivity contribution is 8.00. The molecule has 2 saturated heterocycles. The van der Waals surface area contributed by atoms with Crippen molar-refractivity contribution in [3.8, 4) is 0 Å². The number of quaternary nitrogens is 1. The van der Waals surface area contributed by atoms with Crippen LogP contribution < -0.4 is 21.5 Å². The lowest BCUT2D eigenvalue weighted by Gasteiger charge is -2.51. The molecule has 0 unspecified atom stereocenters. The molecule has 194 valence electrons. The zero-order valence-corrected chi connectivity index (χ0v) is 20.8. The number of nitrogen functional groups attached to an aromatic ring is 1. The smallest absolute Gasteiger partial charge is 0.344 e. The molecule has 2 amide bonds. The van der Waals surface area contributed by atoms with Crippen LogP contribution in [0.4, 0.5) is 5.13 Å². The normalized spacial score (nSPS) is 23.5. The minimum absolute atomic E-state index is 0.0366. The second-order valence-electron chi connectivity index (χ2n) is 8.64. The van der Waals surface area contributed by atoms with Crippen LogP contribution in [0.2, 0.25) is 0 Å². The van der Waals surface area contributed by atoms with Gasteiger partial charge in [-0.15, -0.1) is 11.8 Å². The first kappa shape index (κ1) is 25.8. The van der Waals surface area contributed by atoms with Crippen molar-refractivity contribution in [2.45, 2.75) is 11.4 Å². The van der Waals surface area contributed by atoms with Gasteiger partial charge in [-0.05, 0) is 0 Å². The molecule has 1 aromatic rings. The maximum absolute atomic E-state index is 13.0. The number of thioether (sulfide) groups is 1. The van der Waals surface area contributed by atoms with Crippen LogP contribution >= 0.6 is 23.3 Å². The van der Waals surface area contributed by atoms with E-state index in [1.165, 1.54) is 11.8 Å². The number of piperazine rings is 1. The molecule has 0 spiro atoms. The third-order valence-electron chi connectivity index (χ3n) is 5.97. The van der Waals surface area contributed by atoms with Crippen LogP contribution in [0.3, 0.4) is 0 Å². The second kappa shape index (κ2) is 10.4. The SMILES string of the molecule is C[N+]1(CC2=C(C(=O)[O-])N3C(=O)[C@@H](NC(=O)C(=NOCC(=O)O)c4nsc(N)n4)[C@@H]3SC2)CCNCC1. The molecule has 0 saturated carbocycles. The van der Waals surface area contributed by atoms with Crippen LogP contribution in [0, 0.1) is 0 Å². The van der Waals surface area contributed by atoms with Gasteiger partial charge in [-0.3, -0.25) is 14.5 Å². The molecule has 3 aliphatic heterocycles. The highest BCUT2D eigenvalue weighted by Crippen LogP contribution is 2.40. The van der Waals surface area contributed by atoms with Crippen LogP contribution in [0.15, 0.2) is 16.4 Å². The molecule has 0 bridgehead atoms. The molecule has 0 radical (unpaired) electrons. The Labute approximate surface area is 213 Å². The second-order valence-corrected chi connectivity index (χ2v) is 10.5. The molecule has 2 atom stereocenters. The molecule has 4 heterocycles. The van der Waals surface area contributed by atoms with Gasteiger partial charge >= 0.3 is 5.97 Å². The van der Waals surface area contributed by atoms with E-state index < -0.39 is 47.5 Å². The van der Waals surface area contributed by atoms with Gasteiger partial charge in [0.1, 0.15) is 18.0 Å².